The molecule has 1 fully saturated rings. The van der Waals surface area contributed by atoms with Crippen LogP contribution < -0.4 is 4.90 Å². The van der Waals surface area contributed by atoms with Gasteiger partial charge >= 0.3 is 5.97 Å². The zero-order valence-electron chi connectivity index (χ0n) is 10.9. The number of benzene rings is 1. The molecular formula is C15H17NO3. The molecule has 0 saturated heterocycles. The first-order valence-corrected chi connectivity index (χ1v) is 6.70. The second kappa shape index (κ2) is 4.37. The molecule has 0 radical (unpaired) electrons. The van der Waals surface area contributed by atoms with Gasteiger partial charge in [0.25, 0.3) is 0 Å². The van der Waals surface area contributed by atoms with Gasteiger partial charge in [-0.05, 0) is 30.4 Å². The molecule has 100 valence electrons. The van der Waals surface area contributed by atoms with Crippen LogP contribution in [0.3, 0.4) is 0 Å². The monoisotopic (exact) mass is 259 g/mol. The van der Waals surface area contributed by atoms with Crippen molar-refractivity contribution in [3.63, 3.8) is 0 Å². The Hall–Kier alpha value is -1.84. The second-order valence-electron chi connectivity index (χ2n) is 5.67. The van der Waals surface area contributed by atoms with E-state index in [-0.39, 0.29) is 11.8 Å². The van der Waals surface area contributed by atoms with E-state index in [4.69, 9.17) is 5.11 Å². The van der Waals surface area contributed by atoms with Crippen molar-refractivity contribution in [1.82, 2.24) is 0 Å². The number of amides is 1. The van der Waals surface area contributed by atoms with Gasteiger partial charge in [-0.3, -0.25) is 9.59 Å². The molecule has 0 spiro atoms. The van der Waals surface area contributed by atoms with Crippen LogP contribution in [-0.4, -0.2) is 23.5 Å². The van der Waals surface area contributed by atoms with Gasteiger partial charge in [0.05, 0.1) is 11.8 Å². The van der Waals surface area contributed by atoms with E-state index in [1.54, 1.807) is 4.90 Å². The molecule has 4 heteroatoms. The van der Waals surface area contributed by atoms with Crippen molar-refractivity contribution in [2.75, 3.05) is 11.4 Å². The van der Waals surface area contributed by atoms with Crippen molar-refractivity contribution in [3.8, 4) is 0 Å². The molecule has 4 nitrogen and oxygen atoms in total. The fraction of sp³-hybridized carbons (Fsp3) is 0.467. The number of nitrogens with zero attached hydrogens (tertiary/aromatic N) is 1. The van der Waals surface area contributed by atoms with Crippen LogP contribution in [0.2, 0.25) is 0 Å². The number of rotatable bonds is 2. The van der Waals surface area contributed by atoms with Gasteiger partial charge in [-0.1, -0.05) is 25.1 Å². The summed E-state index contributed by atoms with van der Waals surface area (Å²) in [6.45, 7) is 2.82. The highest BCUT2D eigenvalue weighted by molar-refractivity contribution is 6.00. The lowest BCUT2D eigenvalue weighted by Gasteiger charge is -2.33. The molecule has 0 bridgehead atoms. The molecule has 3 atom stereocenters. The maximum absolute atomic E-state index is 12.4. The molecule has 1 aromatic rings. The molecule has 19 heavy (non-hydrogen) atoms. The molecule has 1 unspecified atom stereocenters. The SMILES string of the molecule is CC1Cc2ccccc2N(C(=O)[C@@H]2C[C@@H]2C(=O)O)C1. The normalized spacial score (nSPS) is 28.7. The highest BCUT2D eigenvalue weighted by Crippen LogP contribution is 2.42. The highest BCUT2D eigenvalue weighted by Gasteiger charge is 2.50. The van der Waals surface area contributed by atoms with Crippen molar-refractivity contribution in [2.24, 2.45) is 17.8 Å². The van der Waals surface area contributed by atoms with Gasteiger partial charge in [0.1, 0.15) is 0 Å². The molecule has 1 aromatic carbocycles. The Balaban J connectivity index is 1.85. The maximum Gasteiger partial charge on any atom is 0.307 e. The van der Waals surface area contributed by atoms with Gasteiger partial charge in [-0.25, -0.2) is 0 Å². The molecule has 2 aliphatic rings. The van der Waals surface area contributed by atoms with Gasteiger partial charge in [0, 0.05) is 12.2 Å². The number of carboxylic acids is 1. The number of aliphatic carboxylic acids is 1. The minimum Gasteiger partial charge on any atom is -0.481 e. The third-order valence-electron chi connectivity index (χ3n) is 4.04. The van der Waals surface area contributed by atoms with Crippen LogP contribution in [0.15, 0.2) is 24.3 Å². The van der Waals surface area contributed by atoms with Gasteiger partial charge in [0.15, 0.2) is 0 Å². The number of anilines is 1. The Labute approximate surface area is 112 Å². The van der Waals surface area contributed by atoms with E-state index in [9.17, 15) is 9.59 Å². The summed E-state index contributed by atoms with van der Waals surface area (Å²) in [4.78, 5) is 25.1. The first-order valence-electron chi connectivity index (χ1n) is 6.70. The number of carbonyl (C=O) groups excluding carboxylic acids is 1. The largest absolute Gasteiger partial charge is 0.481 e. The van der Waals surface area contributed by atoms with Crippen molar-refractivity contribution in [2.45, 2.75) is 19.8 Å². The predicted octanol–water partition coefficient (Wildman–Crippen LogP) is 1.93. The number of para-hydroxylation sites is 1. The summed E-state index contributed by atoms with van der Waals surface area (Å²) >= 11 is 0. The van der Waals surface area contributed by atoms with E-state index in [0.29, 0.717) is 18.9 Å². The third kappa shape index (κ3) is 2.11. The van der Waals surface area contributed by atoms with E-state index in [1.165, 1.54) is 5.56 Å². The van der Waals surface area contributed by atoms with Crippen LogP contribution in [-0.2, 0) is 16.0 Å². The van der Waals surface area contributed by atoms with Crippen LogP contribution in [0.1, 0.15) is 18.9 Å². The van der Waals surface area contributed by atoms with Gasteiger partial charge < -0.3 is 10.0 Å². The predicted molar refractivity (Wildman–Crippen MR) is 70.9 cm³/mol. The summed E-state index contributed by atoms with van der Waals surface area (Å²) in [5, 5.41) is 8.95. The first-order chi connectivity index (χ1) is 9.08. The highest BCUT2D eigenvalue weighted by atomic mass is 16.4. The van der Waals surface area contributed by atoms with E-state index in [0.717, 1.165) is 12.1 Å². The van der Waals surface area contributed by atoms with Crippen molar-refractivity contribution < 1.29 is 14.7 Å². The van der Waals surface area contributed by atoms with E-state index < -0.39 is 11.9 Å². The molecular weight excluding hydrogens is 242 g/mol. The first kappa shape index (κ1) is 12.2. The summed E-state index contributed by atoms with van der Waals surface area (Å²) < 4.78 is 0. The Morgan fingerprint density at radius 1 is 1.26 bits per heavy atom. The van der Waals surface area contributed by atoms with E-state index >= 15 is 0 Å². The lowest BCUT2D eigenvalue weighted by atomic mass is 9.93. The maximum atomic E-state index is 12.4. The standard InChI is InChI=1S/C15H17NO3/c1-9-6-10-4-2-3-5-13(10)16(8-9)14(17)11-7-12(11)15(18)19/h2-5,9,11-12H,6-8H2,1H3,(H,18,19)/t9?,11-,12+/m1/s1. The van der Waals surface area contributed by atoms with Crippen LogP contribution in [0.5, 0.6) is 0 Å². The van der Waals surface area contributed by atoms with Gasteiger partial charge in [-0.2, -0.15) is 0 Å². The lowest BCUT2D eigenvalue weighted by Crippen LogP contribution is -2.40. The Morgan fingerprint density at radius 2 is 2.00 bits per heavy atom. The zero-order chi connectivity index (χ0) is 13.6. The summed E-state index contributed by atoms with van der Waals surface area (Å²) in [7, 11) is 0. The van der Waals surface area contributed by atoms with Crippen molar-refractivity contribution in [3.05, 3.63) is 29.8 Å². The number of carbonyl (C=O) groups is 2. The minimum atomic E-state index is -0.850. The minimum absolute atomic E-state index is 0.0219. The fourth-order valence-corrected chi connectivity index (χ4v) is 2.95. The average Bonchev–Trinajstić information content (AvgIpc) is 3.17. The quantitative estimate of drug-likeness (QED) is 0.883. The van der Waals surface area contributed by atoms with Gasteiger partial charge in [0.2, 0.25) is 5.91 Å². The zero-order valence-corrected chi connectivity index (χ0v) is 10.9. The van der Waals surface area contributed by atoms with Crippen molar-refractivity contribution in [1.29, 1.82) is 0 Å². The van der Waals surface area contributed by atoms with Crippen LogP contribution in [0, 0.1) is 17.8 Å². The molecule has 0 aromatic heterocycles. The Bertz CT molecular complexity index is 540. The molecule has 1 N–H and O–H groups in total. The van der Waals surface area contributed by atoms with Crippen LogP contribution >= 0.6 is 0 Å². The van der Waals surface area contributed by atoms with Crippen LogP contribution in [0.4, 0.5) is 5.69 Å². The second-order valence-corrected chi connectivity index (χ2v) is 5.67. The van der Waals surface area contributed by atoms with Gasteiger partial charge in [-0.15, -0.1) is 0 Å². The molecule has 3 rings (SSSR count). The summed E-state index contributed by atoms with van der Waals surface area (Å²) in [5.41, 5.74) is 2.14. The molecule has 1 saturated carbocycles. The van der Waals surface area contributed by atoms with Crippen LogP contribution in [0.25, 0.3) is 0 Å². The summed E-state index contributed by atoms with van der Waals surface area (Å²) in [6.07, 6.45) is 1.47. The fourth-order valence-electron chi connectivity index (χ4n) is 2.95. The topological polar surface area (TPSA) is 57.6 Å². The number of carboxylic acid groups (broad SMARTS) is 1. The van der Waals surface area contributed by atoms with E-state index in [1.807, 2.05) is 24.3 Å². The average molecular weight is 259 g/mol. The Kier molecular flexibility index (Phi) is 2.81. The number of hydrogen-bond donors (Lipinski definition) is 1. The smallest absolute Gasteiger partial charge is 0.307 e. The number of hydrogen-bond acceptors (Lipinski definition) is 2. The molecule has 1 aliphatic carbocycles. The lowest BCUT2D eigenvalue weighted by molar-refractivity contribution is -0.140. The van der Waals surface area contributed by atoms with Crippen molar-refractivity contribution >= 4 is 17.6 Å². The third-order valence-corrected chi connectivity index (χ3v) is 4.04. The summed E-state index contributed by atoms with van der Waals surface area (Å²) in [6, 6.07) is 7.91. The van der Waals surface area contributed by atoms with E-state index in [2.05, 4.69) is 6.92 Å². The molecule has 1 amide bonds. The Morgan fingerprint density at radius 3 is 2.68 bits per heavy atom. The summed E-state index contributed by atoms with van der Waals surface area (Å²) in [5.74, 6) is -1.25. The number of fused-ring (bicyclic) bond motifs is 1. The molecule has 1 aliphatic heterocycles. The molecule has 1 heterocycles.